The van der Waals surface area contributed by atoms with Gasteiger partial charge in [0.1, 0.15) is 6.07 Å². The van der Waals surface area contributed by atoms with E-state index in [0.29, 0.717) is 11.3 Å². The first-order valence-electron chi connectivity index (χ1n) is 4.99. The number of nitrogens with one attached hydrogen (secondary N) is 3. The lowest BCUT2D eigenvalue weighted by Gasteiger charge is -2.07. The van der Waals surface area contributed by atoms with Crippen LogP contribution in [0.4, 0.5) is 5.69 Å². The molecule has 7 heteroatoms. The summed E-state index contributed by atoms with van der Waals surface area (Å²) in [4.78, 5) is 11.6. The number of hydrogen-bond acceptors (Lipinski definition) is 5. The Morgan fingerprint density at radius 2 is 2.17 bits per heavy atom. The highest BCUT2D eigenvalue weighted by atomic mass is 16.1. The van der Waals surface area contributed by atoms with Crippen molar-refractivity contribution >= 4 is 23.1 Å². The molecule has 0 fully saturated rings. The number of carbonyl (C=O) groups is 1. The fourth-order valence-corrected chi connectivity index (χ4v) is 1.17. The second-order valence-electron chi connectivity index (χ2n) is 3.22. The Morgan fingerprint density at radius 1 is 1.50 bits per heavy atom. The summed E-state index contributed by atoms with van der Waals surface area (Å²) in [6, 6.07) is 8.32. The molecule has 0 spiro atoms. The van der Waals surface area contributed by atoms with Crippen molar-refractivity contribution in [2.45, 2.75) is 0 Å². The second kappa shape index (κ2) is 6.00. The van der Waals surface area contributed by atoms with Crippen LogP contribution in [0, 0.1) is 16.7 Å². The number of nitriles is 1. The number of carbonyl (C=O) groups excluding carboxylic acids is 1. The molecule has 0 heterocycles. The van der Waals surface area contributed by atoms with Gasteiger partial charge in [0, 0.05) is 7.05 Å². The minimum atomic E-state index is -0.442. The van der Waals surface area contributed by atoms with E-state index in [1.807, 2.05) is 0 Å². The Bertz CT molecular complexity index is 543. The van der Waals surface area contributed by atoms with Crippen molar-refractivity contribution in [2.24, 2.45) is 10.8 Å². The summed E-state index contributed by atoms with van der Waals surface area (Å²) in [5, 5.41) is 21.9. The molecular weight excluding hydrogens is 232 g/mol. The molecule has 0 saturated carbocycles. The Morgan fingerprint density at radius 3 is 2.72 bits per heavy atom. The average Bonchev–Trinajstić information content (AvgIpc) is 2.38. The van der Waals surface area contributed by atoms with E-state index < -0.39 is 5.84 Å². The molecule has 1 aromatic rings. The highest BCUT2D eigenvalue weighted by Gasteiger charge is 2.09. The molecule has 1 aromatic carbocycles. The maximum absolute atomic E-state index is 11.6. The van der Waals surface area contributed by atoms with Gasteiger partial charge < -0.3 is 11.1 Å². The largest absolute Gasteiger partial charge is 0.382 e. The lowest BCUT2D eigenvalue weighted by molar-refractivity contribution is 0.0964. The molecule has 18 heavy (non-hydrogen) atoms. The maximum Gasteiger partial charge on any atom is 0.253 e. The number of nitrogens with two attached hydrogens (primary N) is 1. The fourth-order valence-electron chi connectivity index (χ4n) is 1.17. The molecule has 1 amide bonds. The van der Waals surface area contributed by atoms with Gasteiger partial charge in [-0.3, -0.25) is 15.6 Å². The zero-order valence-corrected chi connectivity index (χ0v) is 9.69. The van der Waals surface area contributed by atoms with Gasteiger partial charge in [-0.25, -0.2) is 0 Å². The molecule has 0 aliphatic heterocycles. The van der Waals surface area contributed by atoms with Gasteiger partial charge in [0.2, 0.25) is 5.71 Å². The summed E-state index contributed by atoms with van der Waals surface area (Å²) >= 11 is 0. The maximum atomic E-state index is 11.6. The van der Waals surface area contributed by atoms with E-state index in [1.165, 1.54) is 7.05 Å². The number of amidine groups is 1. The van der Waals surface area contributed by atoms with Crippen LogP contribution in [0.5, 0.6) is 0 Å². The number of para-hydroxylation sites is 1. The summed E-state index contributed by atoms with van der Waals surface area (Å²) in [6.45, 7) is 0. The van der Waals surface area contributed by atoms with Crippen LogP contribution in [0.3, 0.4) is 0 Å². The van der Waals surface area contributed by atoms with Gasteiger partial charge in [-0.1, -0.05) is 12.1 Å². The van der Waals surface area contributed by atoms with Gasteiger partial charge in [-0.15, -0.1) is 0 Å². The fraction of sp³-hybridized carbons (Fsp3) is 0.0909. The number of amides is 1. The lowest BCUT2D eigenvalue weighted by atomic mass is 10.1. The normalized spacial score (nSPS) is 10.3. The molecule has 0 saturated heterocycles. The van der Waals surface area contributed by atoms with Crippen molar-refractivity contribution in [3.63, 3.8) is 0 Å². The van der Waals surface area contributed by atoms with Crippen LogP contribution >= 0.6 is 0 Å². The van der Waals surface area contributed by atoms with Crippen LogP contribution in [-0.2, 0) is 0 Å². The SMILES string of the molecule is CNC(=O)c1ccccc1N/N=C(\C#N)C(=N)N. The van der Waals surface area contributed by atoms with Gasteiger partial charge in [0.15, 0.2) is 5.84 Å². The molecule has 7 nitrogen and oxygen atoms in total. The van der Waals surface area contributed by atoms with Crippen LogP contribution in [-0.4, -0.2) is 24.5 Å². The molecule has 1 rings (SSSR count). The lowest BCUT2D eigenvalue weighted by Crippen LogP contribution is -2.22. The molecule has 0 aliphatic carbocycles. The molecular formula is C11H12N6O. The van der Waals surface area contributed by atoms with Crippen molar-refractivity contribution in [2.75, 3.05) is 12.5 Å². The van der Waals surface area contributed by atoms with Crippen molar-refractivity contribution in [3.8, 4) is 6.07 Å². The first kappa shape index (κ1) is 13.2. The highest BCUT2D eigenvalue weighted by Crippen LogP contribution is 2.14. The van der Waals surface area contributed by atoms with E-state index >= 15 is 0 Å². The van der Waals surface area contributed by atoms with E-state index in [2.05, 4.69) is 15.8 Å². The summed E-state index contributed by atoms with van der Waals surface area (Å²) in [6.07, 6.45) is 0. The van der Waals surface area contributed by atoms with Gasteiger partial charge in [0.05, 0.1) is 11.3 Å². The average molecular weight is 244 g/mol. The Balaban J connectivity index is 3.02. The molecule has 5 N–H and O–H groups in total. The standard InChI is InChI=1S/C11H12N6O/c1-15-11(18)7-4-2-3-5-8(7)16-17-9(6-12)10(13)14/h2-5,16H,1H3,(H3,13,14)(H,15,18)/b17-9+. The molecule has 0 unspecified atom stereocenters. The van der Waals surface area contributed by atoms with Crippen molar-refractivity contribution in [1.29, 1.82) is 10.7 Å². The van der Waals surface area contributed by atoms with E-state index in [-0.39, 0.29) is 11.6 Å². The predicted octanol–water partition coefficient (Wildman–Crippen LogP) is 0.274. The van der Waals surface area contributed by atoms with Crippen LogP contribution in [0.1, 0.15) is 10.4 Å². The van der Waals surface area contributed by atoms with Crippen molar-refractivity contribution in [1.82, 2.24) is 5.32 Å². The van der Waals surface area contributed by atoms with Gasteiger partial charge >= 0.3 is 0 Å². The van der Waals surface area contributed by atoms with Gasteiger partial charge in [-0.05, 0) is 12.1 Å². The van der Waals surface area contributed by atoms with E-state index in [1.54, 1.807) is 30.3 Å². The van der Waals surface area contributed by atoms with E-state index in [0.717, 1.165) is 0 Å². The third-order valence-electron chi connectivity index (χ3n) is 2.05. The number of anilines is 1. The number of rotatable bonds is 4. The Labute approximate surface area is 104 Å². The topological polar surface area (TPSA) is 127 Å². The summed E-state index contributed by atoms with van der Waals surface area (Å²) in [5.41, 5.74) is 8.24. The number of hydrazone groups is 1. The molecule has 0 atom stereocenters. The summed E-state index contributed by atoms with van der Waals surface area (Å²) in [7, 11) is 1.51. The minimum absolute atomic E-state index is 0.248. The number of nitrogens with zero attached hydrogens (tertiary/aromatic N) is 2. The van der Waals surface area contributed by atoms with Crippen molar-refractivity contribution in [3.05, 3.63) is 29.8 Å². The molecule has 0 aromatic heterocycles. The zero-order chi connectivity index (χ0) is 13.5. The predicted molar refractivity (Wildman–Crippen MR) is 68.4 cm³/mol. The second-order valence-corrected chi connectivity index (χ2v) is 3.22. The quantitative estimate of drug-likeness (QED) is 0.344. The van der Waals surface area contributed by atoms with Crippen LogP contribution < -0.4 is 16.5 Å². The smallest absolute Gasteiger partial charge is 0.253 e. The van der Waals surface area contributed by atoms with Crippen LogP contribution in [0.2, 0.25) is 0 Å². The number of hydrogen-bond donors (Lipinski definition) is 4. The van der Waals surface area contributed by atoms with Crippen LogP contribution in [0.15, 0.2) is 29.4 Å². The number of benzene rings is 1. The van der Waals surface area contributed by atoms with E-state index in [9.17, 15) is 4.79 Å². The first-order chi connectivity index (χ1) is 8.60. The summed E-state index contributed by atoms with van der Waals surface area (Å²) < 4.78 is 0. The Hall–Kier alpha value is -2.88. The summed E-state index contributed by atoms with van der Waals surface area (Å²) in [5.74, 6) is -0.725. The van der Waals surface area contributed by atoms with Crippen molar-refractivity contribution < 1.29 is 4.79 Å². The van der Waals surface area contributed by atoms with Gasteiger partial charge in [-0.2, -0.15) is 10.4 Å². The third kappa shape index (κ3) is 3.05. The van der Waals surface area contributed by atoms with E-state index in [4.69, 9.17) is 16.4 Å². The first-order valence-corrected chi connectivity index (χ1v) is 4.99. The van der Waals surface area contributed by atoms with Gasteiger partial charge in [0.25, 0.3) is 5.91 Å². The van der Waals surface area contributed by atoms with Crippen LogP contribution in [0.25, 0.3) is 0 Å². The Kier molecular flexibility index (Phi) is 4.40. The zero-order valence-electron chi connectivity index (χ0n) is 9.69. The molecule has 92 valence electrons. The molecule has 0 bridgehead atoms. The molecule has 0 aliphatic rings. The highest BCUT2D eigenvalue weighted by molar-refractivity contribution is 6.45. The minimum Gasteiger partial charge on any atom is -0.382 e. The molecule has 0 radical (unpaired) electrons. The third-order valence-corrected chi connectivity index (χ3v) is 2.05. The monoisotopic (exact) mass is 244 g/mol.